The molecular formula is C13H16N4O2S2. The Labute approximate surface area is 130 Å². The second kappa shape index (κ2) is 5.28. The van der Waals surface area contributed by atoms with Crippen LogP contribution in [0.5, 0.6) is 0 Å². The summed E-state index contributed by atoms with van der Waals surface area (Å²) in [6.45, 7) is 3.36. The van der Waals surface area contributed by atoms with E-state index in [4.69, 9.17) is 17.0 Å². The van der Waals surface area contributed by atoms with E-state index in [-0.39, 0.29) is 5.56 Å². The smallest absolute Gasteiger partial charge is 0.278 e. The molecule has 6 nitrogen and oxygen atoms in total. The largest absolute Gasteiger partial charge is 0.377 e. The first-order chi connectivity index (χ1) is 10.2. The fraction of sp³-hybridized carbons (Fsp3) is 0.615. The van der Waals surface area contributed by atoms with Crippen LogP contribution in [0.15, 0.2) is 4.79 Å². The monoisotopic (exact) mass is 324 g/mol. The molecule has 0 saturated carbocycles. The molecule has 0 unspecified atom stereocenters. The molecule has 0 amide bonds. The van der Waals surface area contributed by atoms with Crippen LogP contribution in [0.2, 0.25) is 0 Å². The molecule has 112 valence electrons. The molecule has 0 aromatic carbocycles. The highest BCUT2D eigenvalue weighted by Crippen LogP contribution is 2.19. The topological polar surface area (TPSA) is 62.6 Å². The molecule has 2 aliphatic rings. The highest BCUT2D eigenvalue weighted by Gasteiger charge is 2.25. The third-order valence-corrected chi connectivity index (χ3v) is 5.23. The maximum absolute atomic E-state index is 12.6. The van der Waals surface area contributed by atoms with Crippen molar-refractivity contribution in [3.63, 3.8) is 0 Å². The van der Waals surface area contributed by atoms with Crippen LogP contribution >= 0.6 is 23.6 Å². The zero-order valence-electron chi connectivity index (χ0n) is 11.5. The van der Waals surface area contributed by atoms with Crippen molar-refractivity contribution < 1.29 is 4.74 Å². The van der Waals surface area contributed by atoms with Crippen LogP contribution in [-0.2, 0) is 17.7 Å². The van der Waals surface area contributed by atoms with E-state index in [0.717, 1.165) is 50.2 Å². The van der Waals surface area contributed by atoms with Crippen LogP contribution < -0.4 is 5.56 Å². The van der Waals surface area contributed by atoms with Crippen LogP contribution in [0.4, 0.5) is 0 Å². The maximum Gasteiger partial charge on any atom is 0.278 e. The number of nitrogens with one attached hydrogen (secondary N) is 1. The van der Waals surface area contributed by atoms with E-state index in [9.17, 15) is 4.79 Å². The second-order valence-corrected chi connectivity index (χ2v) is 7.23. The summed E-state index contributed by atoms with van der Waals surface area (Å²) in [4.78, 5) is 20.1. The number of hydrogen-bond donors (Lipinski definition) is 1. The number of fused-ring (bicyclic) bond motifs is 2. The number of aromatic amines is 1. The van der Waals surface area contributed by atoms with Gasteiger partial charge in [-0.15, -0.1) is 0 Å². The summed E-state index contributed by atoms with van der Waals surface area (Å²) in [5.74, 6) is 0. The Balaban J connectivity index is 1.66. The van der Waals surface area contributed by atoms with E-state index in [1.807, 2.05) is 0 Å². The first-order valence-corrected chi connectivity index (χ1v) is 8.41. The van der Waals surface area contributed by atoms with Crippen molar-refractivity contribution in [1.29, 1.82) is 0 Å². The Morgan fingerprint density at radius 1 is 1.52 bits per heavy atom. The van der Waals surface area contributed by atoms with Gasteiger partial charge in [0.2, 0.25) is 4.96 Å². The van der Waals surface area contributed by atoms with Crippen LogP contribution in [0, 0.1) is 3.95 Å². The van der Waals surface area contributed by atoms with Crippen LogP contribution in [0.1, 0.15) is 24.1 Å². The number of aromatic nitrogens is 3. The van der Waals surface area contributed by atoms with Crippen LogP contribution in [-0.4, -0.2) is 45.3 Å². The summed E-state index contributed by atoms with van der Waals surface area (Å²) in [6.07, 6.45) is 3.40. The lowest BCUT2D eigenvalue weighted by atomic mass is 10.1. The molecule has 8 heteroatoms. The van der Waals surface area contributed by atoms with Gasteiger partial charge < -0.3 is 4.74 Å². The molecule has 2 aliphatic heterocycles. The molecule has 0 bridgehead atoms. The molecule has 0 spiro atoms. The molecule has 0 aliphatic carbocycles. The Morgan fingerprint density at radius 2 is 2.43 bits per heavy atom. The predicted octanol–water partition coefficient (Wildman–Crippen LogP) is 1.35. The van der Waals surface area contributed by atoms with Crippen molar-refractivity contribution in [3.05, 3.63) is 25.6 Å². The molecule has 1 N–H and O–H groups in total. The summed E-state index contributed by atoms with van der Waals surface area (Å²) in [5.41, 5.74) is 1.70. The third-order valence-electron chi connectivity index (χ3n) is 4.15. The highest BCUT2D eigenvalue weighted by atomic mass is 32.1. The number of H-pyrrole nitrogens is 1. The van der Waals surface area contributed by atoms with Crippen molar-refractivity contribution in [2.45, 2.75) is 31.9 Å². The summed E-state index contributed by atoms with van der Waals surface area (Å²) in [5, 5.41) is 2.90. The molecule has 0 radical (unpaired) electrons. The normalized spacial score (nSPS) is 22.8. The van der Waals surface area contributed by atoms with E-state index < -0.39 is 0 Å². The lowest BCUT2D eigenvalue weighted by Gasteiger charge is -2.29. The Hall–Kier alpha value is -1.09. The molecule has 2 aromatic heterocycles. The molecule has 1 saturated heterocycles. The van der Waals surface area contributed by atoms with Crippen molar-refractivity contribution in [2.24, 2.45) is 0 Å². The van der Waals surface area contributed by atoms with Gasteiger partial charge in [0.05, 0.1) is 17.4 Å². The van der Waals surface area contributed by atoms with Gasteiger partial charge in [-0.2, -0.15) is 4.52 Å². The van der Waals surface area contributed by atoms with Crippen LogP contribution in [0.25, 0.3) is 4.96 Å². The molecule has 1 atom stereocenters. The third kappa shape index (κ3) is 2.46. The lowest BCUT2D eigenvalue weighted by Crippen LogP contribution is -2.40. The van der Waals surface area contributed by atoms with Gasteiger partial charge in [-0.3, -0.25) is 14.8 Å². The van der Waals surface area contributed by atoms with Gasteiger partial charge in [-0.25, -0.2) is 4.98 Å². The van der Waals surface area contributed by atoms with Crippen molar-refractivity contribution >= 4 is 28.5 Å². The Kier molecular flexibility index (Phi) is 3.41. The molecule has 4 rings (SSSR count). The van der Waals surface area contributed by atoms with Crippen molar-refractivity contribution in [1.82, 2.24) is 19.5 Å². The van der Waals surface area contributed by atoms with E-state index >= 15 is 0 Å². The first-order valence-electron chi connectivity index (χ1n) is 7.18. The van der Waals surface area contributed by atoms with E-state index in [1.165, 1.54) is 15.9 Å². The van der Waals surface area contributed by atoms with Gasteiger partial charge in [0.25, 0.3) is 5.56 Å². The quantitative estimate of drug-likeness (QED) is 0.845. The molecule has 21 heavy (non-hydrogen) atoms. The average molecular weight is 324 g/mol. The van der Waals surface area contributed by atoms with Gasteiger partial charge in [-0.05, 0) is 25.1 Å². The average Bonchev–Trinajstić information content (AvgIpc) is 3.09. The van der Waals surface area contributed by atoms with E-state index in [0.29, 0.717) is 21.6 Å². The van der Waals surface area contributed by atoms with Crippen LogP contribution in [0.3, 0.4) is 0 Å². The van der Waals surface area contributed by atoms with Gasteiger partial charge in [0.15, 0.2) is 3.95 Å². The fourth-order valence-electron chi connectivity index (χ4n) is 3.11. The number of rotatable bonds is 2. The summed E-state index contributed by atoms with van der Waals surface area (Å²) in [6, 6.07) is 0. The zero-order chi connectivity index (χ0) is 14.4. The maximum atomic E-state index is 12.6. The molecule has 4 heterocycles. The van der Waals surface area contributed by atoms with Gasteiger partial charge in [0, 0.05) is 32.7 Å². The van der Waals surface area contributed by atoms with Gasteiger partial charge >= 0.3 is 0 Å². The fourth-order valence-corrected chi connectivity index (χ4v) is 4.10. The predicted molar refractivity (Wildman–Crippen MR) is 82.5 cm³/mol. The minimum absolute atomic E-state index is 0.0145. The highest BCUT2D eigenvalue weighted by molar-refractivity contribution is 7.73. The van der Waals surface area contributed by atoms with Gasteiger partial charge in [-0.1, -0.05) is 11.3 Å². The number of nitrogens with zero attached hydrogens (tertiary/aromatic N) is 3. The molecule has 2 aromatic rings. The first kappa shape index (κ1) is 13.6. The second-order valence-electron chi connectivity index (χ2n) is 5.58. The minimum atomic E-state index is -0.0145. The molecule has 1 fully saturated rings. The standard InChI is InChI=1S/C13H16N4O2S2/c18-11-9-7-16(6-8-2-1-5-19-8)4-3-10(9)14-12-17(11)15-13(20)21-12/h8H,1-7H2,(H,15,20)/t8-/m0/s1. The SMILES string of the molecule is O=c1c2c(nc3sc(=S)[nH]n13)CCN(C[C@@H]1CCCO1)C2. The molecular weight excluding hydrogens is 308 g/mol. The summed E-state index contributed by atoms with van der Waals surface area (Å²) >= 11 is 6.45. The Bertz CT molecular complexity index is 788. The van der Waals surface area contributed by atoms with Crippen molar-refractivity contribution in [3.8, 4) is 0 Å². The Morgan fingerprint density at radius 3 is 3.24 bits per heavy atom. The zero-order valence-corrected chi connectivity index (χ0v) is 13.1. The number of ether oxygens (including phenoxy) is 1. The van der Waals surface area contributed by atoms with E-state index in [2.05, 4.69) is 15.0 Å². The van der Waals surface area contributed by atoms with Gasteiger partial charge in [0.1, 0.15) is 0 Å². The summed E-state index contributed by atoms with van der Waals surface area (Å²) < 4.78 is 7.74. The van der Waals surface area contributed by atoms with E-state index in [1.54, 1.807) is 0 Å². The number of hydrogen-bond acceptors (Lipinski definition) is 6. The van der Waals surface area contributed by atoms with Crippen molar-refractivity contribution in [2.75, 3.05) is 19.7 Å². The lowest BCUT2D eigenvalue weighted by molar-refractivity contribution is 0.0683. The summed E-state index contributed by atoms with van der Waals surface area (Å²) in [7, 11) is 0. The minimum Gasteiger partial charge on any atom is -0.377 e.